The van der Waals surface area contributed by atoms with Crippen molar-refractivity contribution in [1.82, 2.24) is 0 Å². The Bertz CT molecular complexity index is 326. The van der Waals surface area contributed by atoms with Gasteiger partial charge in [-0.15, -0.1) is 23.2 Å². The van der Waals surface area contributed by atoms with Crippen molar-refractivity contribution in [2.75, 3.05) is 11.8 Å². The van der Waals surface area contributed by atoms with Gasteiger partial charge in [-0.3, -0.25) is 0 Å². The molecule has 0 atom stereocenters. The first-order chi connectivity index (χ1) is 7.91. The lowest BCUT2D eigenvalue weighted by molar-refractivity contribution is 0.418. The summed E-state index contributed by atoms with van der Waals surface area (Å²) in [6.45, 7) is 7.14. The molecule has 0 amide bonds. The lowest BCUT2D eigenvalue weighted by Crippen LogP contribution is -2.37. The molecule has 96 valence electrons. The molecule has 1 aromatic rings. The fourth-order valence-electron chi connectivity index (χ4n) is 2.44. The number of alkyl halides is 2. The molecule has 3 heteroatoms. The van der Waals surface area contributed by atoms with Gasteiger partial charge in [0.2, 0.25) is 0 Å². The predicted octanol–water partition coefficient (Wildman–Crippen LogP) is 5.03. The van der Waals surface area contributed by atoms with Crippen LogP contribution in [0.15, 0.2) is 30.3 Å². The standard InChI is InChI=1S/C14H22Cl2Si/c1-17(2,3)12-14(10-15,11-16)9-13-7-5-4-6-8-13/h4-8H,9-12H2,1-3H3. The van der Waals surface area contributed by atoms with E-state index >= 15 is 0 Å². The summed E-state index contributed by atoms with van der Waals surface area (Å²) < 4.78 is 0. The van der Waals surface area contributed by atoms with Crippen molar-refractivity contribution in [3.05, 3.63) is 35.9 Å². The maximum Gasteiger partial charge on any atom is 0.0449 e. The molecule has 0 heterocycles. The second kappa shape index (κ2) is 6.26. The van der Waals surface area contributed by atoms with Crippen molar-refractivity contribution >= 4 is 31.3 Å². The van der Waals surface area contributed by atoms with Gasteiger partial charge in [0.1, 0.15) is 0 Å². The van der Waals surface area contributed by atoms with Crippen molar-refractivity contribution < 1.29 is 0 Å². The summed E-state index contributed by atoms with van der Waals surface area (Å²) in [5.74, 6) is 1.30. The molecule has 0 aliphatic carbocycles. The van der Waals surface area contributed by atoms with Gasteiger partial charge in [0.15, 0.2) is 0 Å². The Balaban J connectivity index is 2.85. The summed E-state index contributed by atoms with van der Waals surface area (Å²) in [4.78, 5) is 0. The minimum Gasteiger partial charge on any atom is -0.126 e. The Kier molecular flexibility index (Phi) is 5.55. The lowest BCUT2D eigenvalue weighted by atomic mass is 9.87. The van der Waals surface area contributed by atoms with E-state index in [0.717, 1.165) is 6.42 Å². The van der Waals surface area contributed by atoms with Crippen LogP contribution in [0.1, 0.15) is 5.56 Å². The summed E-state index contributed by atoms with van der Waals surface area (Å²) in [7, 11) is -1.16. The molecule has 0 radical (unpaired) electrons. The predicted molar refractivity (Wildman–Crippen MR) is 82.2 cm³/mol. The molecular formula is C14H22Cl2Si. The van der Waals surface area contributed by atoms with E-state index in [1.54, 1.807) is 0 Å². The fourth-order valence-corrected chi connectivity index (χ4v) is 6.05. The maximum atomic E-state index is 6.22. The Morgan fingerprint density at radius 3 is 1.94 bits per heavy atom. The van der Waals surface area contributed by atoms with E-state index in [0.29, 0.717) is 11.8 Å². The van der Waals surface area contributed by atoms with Crippen LogP contribution in [0.5, 0.6) is 0 Å². The van der Waals surface area contributed by atoms with Crippen LogP contribution < -0.4 is 0 Å². The second-order valence-electron chi connectivity index (χ2n) is 6.17. The summed E-state index contributed by atoms with van der Waals surface area (Å²) in [5, 5.41) is 0. The topological polar surface area (TPSA) is 0 Å². The highest BCUT2D eigenvalue weighted by Crippen LogP contribution is 2.35. The molecule has 0 nitrogen and oxygen atoms in total. The third kappa shape index (κ3) is 5.03. The third-order valence-corrected chi connectivity index (χ3v) is 5.84. The number of rotatable bonds is 6. The SMILES string of the molecule is C[Si](C)(C)CC(CCl)(CCl)Cc1ccccc1. The van der Waals surface area contributed by atoms with Gasteiger partial charge in [-0.2, -0.15) is 0 Å². The molecule has 0 N–H and O–H groups in total. The molecule has 0 fully saturated rings. The van der Waals surface area contributed by atoms with E-state index in [1.807, 2.05) is 6.07 Å². The average molecular weight is 289 g/mol. The third-order valence-electron chi connectivity index (χ3n) is 2.89. The van der Waals surface area contributed by atoms with E-state index in [4.69, 9.17) is 23.2 Å². The number of hydrogen-bond donors (Lipinski definition) is 0. The Hall–Kier alpha value is 0.0169. The van der Waals surface area contributed by atoms with Crippen LogP contribution in [0, 0.1) is 5.41 Å². The zero-order chi connectivity index (χ0) is 12.9. The highest BCUT2D eigenvalue weighted by atomic mass is 35.5. The van der Waals surface area contributed by atoms with Crippen molar-refractivity contribution in [2.24, 2.45) is 5.41 Å². The molecule has 1 rings (SSSR count). The van der Waals surface area contributed by atoms with Crippen LogP contribution in [0.25, 0.3) is 0 Å². The molecule has 0 spiro atoms. The van der Waals surface area contributed by atoms with Gasteiger partial charge < -0.3 is 0 Å². The molecule has 0 bridgehead atoms. The highest BCUT2D eigenvalue weighted by Gasteiger charge is 2.34. The van der Waals surface area contributed by atoms with Gasteiger partial charge in [0, 0.05) is 19.8 Å². The minimum atomic E-state index is -1.16. The van der Waals surface area contributed by atoms with Gasteiger partial charge in [-0.05, 0) is 23.4 Å². The van der Waals surface area contributed by atoms with Gasteiger partial charge in [-0.25, -0.2) is 0 Å². The average Bonchev–Trinajstić information content (AvgIpc) is 2.27. The Morgan fingerprint density at radius 1 is 1.00 bits per heavy atom. The first kappa shape index (κ1) is 15.1. The van der Waals surface area contributed by atoms with E-state index < -0.39 is 8.07 Å². The van der Waals surface area contributed by atoms with Crippen molar-refractivity contribution in [3.63, 3.8) is 0 Å². The quantitative estimate of drug-likeness (QED) is 0.509. The summed E-state index contributed by atoms with van der Waals surface area (Å²) in [5.41, 5.74) is 1.40. The second-order valence-corrected chi connectivity index (χ2v) is 12.2. The molecule has 0 unspecified atom stereocenters. The molecule has 0 saturated carbocycles. The number of hydrogen-bond acceptors (Lipinski definition) is 0. The van der Waals surface area contributed by atoms with Crippen LogP contribution in [-0.2, 0) is 6.42 Å². The zero-order valence-electron chi connectivity index (χ0n) is 11.0. The van der Waals surface area contributed by atoms with E-state index in [2.05, 4.69) is 43.9 Å². The van der Waals surface area contributed by atoms with Gasteiger partial charge in [0.25, 0.3) is 0 Å². The van der Waals surface area contributed by atoms with Gasteiger partial charge in [0.05, 0.1) is 0 Å². The summed E-state index contributed by atoms with van der Waals surface area (Å²) in [6.07, 6.45) is 0.991. The van der Waals surface area contributed by atoms with Crippen molar-refractivity contribution in [2.45, 2.75) is 32.1 Å². The molecule has 17 heavy (non-hydrogen) atoms. The summed E-state index contributed by atoms with van der Waals surface area (Å²) in [6, 6.07) is 11.7. The first-order valence-electron chi connectivity index (χ1n) is 6.07. The molecule has 0 aromatic heterocycles. The molecule has 0 aliphatic rings. The van der Waals surface area contributed by atoms with Gasteiger partial charge in [-0.1, -0.05) is 50.0 Å². The first-order valence-corrected chi connectivity index (χ1v) is 10.8. The minimum absolute atomic E-state index is 0.0644. The Morgan fingerprint density at radius 2 is 1.53 bits per heavy atom. The fraction of sp³-hybridized carbons (Fsp3) is 0.571. The van der Waals surface area contributed by atoms with Crippen LogP contribution >= 0.6 is 23.2 Å². The zero-order valence-corrected chi connectivity index (χ0v) is 13.5. The summed E-state index contributed by atoms with van der Waals surface area (Å²) >= 11 is 12.4. The molecule has 0 aliphatic heterocycles. The normalized spacial score (nSPS) is 12.8. The van der Waals surface area contributed by atoms with E-state index in [9.17, 15) is 0 Å². The molecule has 1 aromatic carbocycles. The maximum absolute atomic E-state index is 6.22. The largest absolute Gasteiger partial charge is 0.126 e. The number of halogens is 2. The lowest BCUT2D eigenvalue weighted by Gasteiger charge is -2.35. The van der Waals surface area contributed by atoms with Crippen LogP contribution in [0.3, 0.4) is 0 Å². The molecule has 0 saturated heterocycles. The van der Waals surface area contributed by atoms with Crippen molar-refractivity contribution in [1.29, 1.82) is 0 Å². The van der Waals surface area contributed by atoms with Crippen LogP contribution in [-0.4, -0.2) is 19.8 Å². The van der Waals surface area contributed by atoms with Crippen molar-refractivity contribution in [3.8, 4) is 0 Å². The molecular weight excluding hydrogens is 267 g/mol. The van der Waals surface area contributed by atoms with E-state index in [1.165, 1.54) is 11.6 Å². The highest BCUT2D eigenvalue weighted by molar-refractivity contribution is 6.76. The monoisotopic (exact) mass is 288 g/mol. The van der Waals surface area contributed by atoms with Crippen LogP contribution in [0.2, 0.25) is 25.7 Å². The van der Waals surface area contributed by atoms with Crippen LogP contribution in [0.4, 0.5) is 0 Å². The smallest absolute Gasteiger partial charge is 0.0449 e. The Labute approximate surface area is 116 Å². The van der Waals surface area contributed by atoms with E-state index in [-0.39, 0.29) is 5.41 Å². The number of benzene rings is 1. The van der Waals surface area contributed by atoms with Gasteiger partial charge >= 0.3 is 0 Å².